The van der Waals surface area contributed by atoms with Crippen molar-refractivity contribution in [3.05, 3.63) is 22.4 Å². The molecule has 0 aromatic carbocycles. The molecule has 0 fully saturated rings. The number of hydrogen-bond donors (Lipinski definition) is 0. The van der Waals surface area contributed by atoms with Gasteiger partial charge in [0.05, 0.1) is 5.03 Å². The quantitative estimate of drug-likeness (QED) is 0.513. The highest BCUT2D eigenvalue weighted by molar-refractivity contribution is 6.40. The molecule has 0 N–H and O–H groups in total. The molecule has 1 rings (SSSR count). The van der Waals surface area contributed by atoms with E-state index in [4.69, 9.17) is 23.2 Å². The summed E-state index contributed by atoms with van der Waals surface area (Å²) >= 11 is 10.7. The second-order valence-corrected chi connectivity index (χ2v) is 4.45. The molecule has 0 aliphatic heterocycles. The van der Waals surface area contributed by atoms with Crippen LogP contribution in [0.1, 0.15) is 6.92 Å². The van der Waals surface area contributed by atoms with Gasteiger partial charge in [-0.1, -0.05) is 11.6 Å². The van der Waals surface area contributed by atoms with Gasteiger partial charge in [0, 0.05) is 0 Å². The van der Waals surface area contributed by atoms with Crippen molar-refractivity contribution < 1.29 is 31.1 Å². The number of hydrogen-bond acceptors (Lipinski definition) is 1. The second kappa shape index (κ2) is 4.28. The standard InChI is InChI=1S/C8H4Cl2F6O/c1-7(10)5(9)4(17-8(14,15)16)2(11)3(12)6(7)13/h6H,1H3. The Hall–Kier alpha value is -0.560. The molecule has 0 aromatic heterocycles. The van der Waals surface area contributed by atoms with Crippen LogP contribution in [0, 0.1) is 0 Å². The minimum atomic E-state index is -5.30. The number of halogens is 8. The molecule has 2 unspecified atom stereocenters. The van der Waals surface area contributed by atoms with E-state index in [2.05, 4.69) is 4.74 Å². The zero-order valence-corrected chi connectivity index (χ0v) is 9.52. The van der Waals surface area contributed by atoms with Gasteiger partial charge in [0.1, 0.15) is 4.87 Å². The normalized spacial score (nSPS) is 31.0. The Labute approximate surface area is 102 Å². The van der Waals surface area contributed by atoms with Crippen LogP contribution >= 0.6 is 23.2 Å². The zero-order valence-electron chi connectivity index (χ0n) is 8.01. The van der Waals surface area contributed by atoms with Crippen LogP contribution < -0.4 is 0 Å². The van der Waals surface area contributed by atoms with Gasteiger partial charge in [-0.25, -0.2) is 8.78 Å². The minimum absolute atomic E-state index is 0.799. The Kier molecular flexibility index (Phi) is 3.65. The summed E-state index contributed by atoms with van der Waals surface area (Å²) in [5.74, 6) is -5.91. The van der Waals surface area contributed by atoms with Gasteiger partial charge in [0.15, 0.2) is 17.8 Å². The van der Waals surface area contributed by atoms with E-state index in [-0.39, 0.29) is 0 Å². The van der Waals surface area contributed by atoms with Crippen LogP contribution in [0.3, 0.4) is 0 Å². The van der Waals surface area contributed by atoms with E-state index in [0.29, 0.717) is 0 Å². The van der Waals surface area contributed by atoms with Gasteiger partial charge in [0.2, 0.25) is 5.83 Å². The second-order valence-electron chi connectivity index (χ2n) is 3.29. The molecule has 17 heavy (non-hydrogen) atoms. The van der Waals surface area contributed by atoms with Crippen LogP contribution in [0.15, 0.2) is 22.4 Å². The molecule has 1 aliphatic carbocycles. The average molecular weight is 301 g/mol. The highest BCUT2D eigenvalue weighted by Crippen LogP contribution is 2.47. The fourth-order valence-corrected chi connectivity index (χ4v) is 1.49. The molecule has 2 atom stereocenters. The predicted octanol–water partition coefficient (Wildman–Crippen LogP) is 4.47. The van der Waals surface area contributed by atoms with E-state index in [9.17, 15) is 26.3 Å². The lowest BCUT2D eigenvalue weighted by Crippen LogP contribution is -2.36. The lowest BCUT2D eigenvalue weighted by Gasteiger charge is -2.30. The largest absolute Gasteiger partial charge is 0.573 e. The number of allylic oxidation sites excluding steroid dienone is 3. The molecule has 0 radical (unpaired) electrons. The van der Waals surface area contributed by atoms with Gasteiger partial charge in [-0.15, -0.1) is 24.8 Å². The number of ether oxygens (including phenoxy) is 1. The summed E-state index contributed by atoms with van der Waals surface area (Å²) < 4.78 is 78.1. The SMILES string of the molecule is CC1(Cl)C(Cl)=C(OC(F)(F)F)C(F)=C(F)C1F. The monoisotopic (exact) mass is 300 g/mol. The molecule has 1 aliphatic rings. The first-order valence-corrected chi connectivity index (χ1v) is 4.78. The van der Waals surface area contributed by atoms with E-state index in [1.54, 1.807) is 0 Å². The lowest BCUT2D eigenvalue weighted by atomic mass is 9.97. The molecule has 1 nitrogen and oxygen atoms in total. The van der Waals surface area contributed by atoms with Crippen molar-refractivity contribution in [3.8, 4) is 0 Å². The third-order valence-electron chi connectivity index (χ3n) is 1.95. The Bertz CT molecular complexity index is 397. The van der Waals surface area contributed by atoms with Gasteiger partial charge < -0.3 is 4.74 Å². The van der Waals surface area contributed by atoms with Crippen molar-refractivity contribution in [1.82, 2.24) is 0 Å². The van der Waals surface area contributed by atoms with E-state index in [0.717, 1.165) is 6.92 Å². The van der Waals surface area contributed by atoms with Crippen molar-refractivity contribution in [3.63, 3.8) is 0 Å². The van der Waals surface area contributed by atoms with Crippen molar-refractivity contribution in [1.29, 1.82) is 0 Å². The van der Waals surface area contributed by atoms with Gasteiger partial charge in [-0.3, -0.25) is 0 Å². The maximum absolute atomic E-state index is 13.2. The summed E-state index contributed by atoms with van der Waals surface area (Å²) in [6.45, 7) is 0.799. The van der Waals surface area contributed by atoms with Crippen molar-refractivity contribution in [2.75, 3.05) is 0 Å². The van der Waals surface area contributed by atoms with Crippen LogP contribution in [-0.2, 0) is 4.74 Å². The third-order valence-corrected chi connectivity index (χ3v) is 3.00. The third kappa shape index (κ3) is 2.65. The van der Waals surface area contributed by atoms with E-state index < -0.39 is 39.9 Å². The zero-order chi connectivity index (χ0) is 13.6. The van der Waals surface area contributed by atoms with Gasteiger partial charge >= 0.3 is 6.36 Å². The van der Waals surface area contributed by atoms with E-state index in [1.807, 2.05) is 0 Å². The molecule has 9 heteroatoms. The molecule has 0 aromatic rings. The van der Waals surface area contributed by atoms with Crippen LogP contribution in [0.4, 0.5) is 26.3 Å². The maximum atomic E-state index is 13.2. The Morgan fingerprint density at radius 3 is 2.18 bits per heavy atom. The Morgan fingerprint density at radius 2 is 1.76 bits per heavy atom. The molecule has 0 saturated heterocycles. The Balaban J connectivity index is 3.30. The lowest BCUT2D eigenvalue weighted by molar-refractivity contribution is -0.305. The minimum Gasteiger partial charge on any atom is -0.401 e. The molecule has 0 spiro atoms. The summed E-state index contributed by atoms with van der Waals surface area (Å²) in [7, 11) is 0. The van der Waals surface area contributed by atoms with Crippen LogP contribution in [0.2, 0.25) is 0 Å². The average Bonchev–Trinajstić information content (AvgIpc) is 2.18. The predicted molar refractivity (Wildman–Crippen MR) is 48.4 cm³/mol. The summed E-state index contributed by atoms with van der Waals surface area (Å²) in [5, 5.41) is -1.09. The van der Waals surface area contributed by atoms with E-state index in [1.165, 1.54) is 0 Å². The summed E-state index contributed by atoms with van der Waals surface area (Å²) in [4.78, 5) is -2.36. The molecule has 98 valence electrons. The molecular formula is C8H4Cl2F6O. The fourth-order valence-electron chi connectivity index (χ4n) is 1.09. The summed E-state index contributed by atoms with van der Waals surface area (Å²) in [5.41, 5.74) is 0. The highest BCUT2D eigenvalue weighted by atomic mass is 35.5. The van der Waals surface area contributed by atoms with Crippen molar-refractivity contribution in [2.24, 2.45) is 0 Å². The first kappa shape index (κ1) is 14.5. The maximum Gasteiger partial charge on any atom is 0.573 e. The molecule has 0 bridgehead atoms. The van der Waals surface area contributed by atoms with Crippen LogP contribution in [0.25, 0.3) is 0 Å². The first-order chi connectivity index (χ1) is 7.48. The Morgan fingerprint density at radius 1 is 1.29 bits per heavy atom. The first-order valence-electron chi connectivity index (χ1n) is 4.03. The number of alkyl halides is 5. The van der Waals surface area contributed by atoms with E-state index >= 15 is 0 Å². The van der Waals surface area contributed by atoms with Crippen molar-refractivity contribution >= 4 is 23.2 Å². The fraction of sp³-hybridized carbons (Fsp3) is 0.500. The topological polar surface area (TPSA) is 9.23 Å². The molecule has 0 amide bonds. The molecule has 0 heterocycles. The summed E-state index contributed by atoms with van der Waals surface area (Å²) in [6, 6.07) is 0. The molecule has 0 saturated carbocycles. The summed E-state index contributed by atoms with van der Waals surface area (Å²) in [6.07, 6.45) is -8.00. The number of rotatable bonds is 1. The smallest absolute Gasteiger partial charge is 0.401 e. The van der Waals surface area contributed by atoms with Gasteiger partial charge in [0.25, 0.3) is 0 Å². The van der Waals surface area contributed by atoms with Crippen molar-refractivity contribution in [2.45, 2.75) is 24.3 Å². The van der Waals surface area contributed by atoms with Crippen LogP contribution in [-0.4, -0.2) is 17.4 Å². The van der Waals surface area contributed by atoms with Gasteiger partial charge in [-0.05, 0) is 6.92 Å². The highest BCUT2D eigenvalue weighted by Gasteiger charge is 2.50. The van der Waals surface area contributed by atoms with Crippen LogP contribution in [0.5, 0.6) is 0 Å². The van der Waals surface area contributed by atoms with Gasteiger partial charge in [-0.2, -0.15) is 4.39 Å². The molecular weight excluding hydrogens is 297 g/mol.